The van der Waals surface area contributed by atoms with E-state index in [0.717, 1.165) is 12.1 Å². The van der Waals surface area contributed by atoms with Crippen LogP contribution in [0.1, 0.15) is 18.7 Å². The lowest BCUT2D eigenvalue weighted by Crippen LogP contribution is -2.31. The molecule has 0 aromatic carbocycles. The smallest absolute Gasteiger partial charge is 0.433 e. The van der Waals surface area contributed by atoms with E-state index in [0.29, 0.717) is 0 Å². The van der Waals surface area contributed by atoms with Gasteiger partial charge in [-0.15, -0.1) is 0 Å². The standard InChI is InChI=1S/C9H11FN2O5/c1-2-16-9(13)7(10)8(11)5-3-4-6(17-5)12(14)15/h3-4,7-8H,2,11H2,1H3/t7?,8-/m1/s1. The molecule has 2 N–H and O–H groups in total. The average Bonchev–Trinajstić information content (AvgIpc) is 2.76. The lowest BCUT2D eigenvalue weighted by molar-refractivity contribution is -0.402. The number of nitrogens with zero attached hydrogens (tertiary/aromatic N) is 1. The van der Waals surface area contributed by atoms with Crippen molar-refractivity contribution in [2.75, 3.05) is 6.61 Å². The molecule has 1 heterocycles. The van der Waals surface area contributed by atoms with Crippen LogP contribution < -0.4 is 5.73 Å². The molecule has 8 heteroatoms. The number of carbonyl (C=O) groups excluding carboxylic acids is 1. The van der Waals surface area contributed by atoms with Crippen molar-refractivity contribution in [3.63, 3.8) is 0 Å². The molecule has 0 aliphatic rings. The zero-order valence-corrected chi connectivity index (χ0v) is 8.96. The van der Waals surface area contributed by atoms with E-state index in [4.69, 9.17) is 5.73 Å². The third kappa shape index (κ3) is 3.00. The summed E-state index contributed by atoms with van der Waals surface area (Å²) in [5.74, 6) is -1.87. The fraction of sp³-hybridized carbons (Fsp3) is 0.444. The predicted molar refractivity (Wildman–Crippen MR) is 53.8 cm³/mol. The molecular formula is C9H11FN2O5. The highest BCUT2D eigenvalue weighted by Crippen LogP contribution is 2.24. The van der Waals surface area contributed by atoms with Crippen molar-refractivity contribution in [1.82, 2.24) is 0 Å². The molecule has 7 nitrogen and oxygen atoms in total. The normalized spacial score (nSPS) is 14.1. The first-order valence-electron chi connectivity index (χ1n) is 4.77. The minimum Gasteiger partial charge on any atom is -0.464 e. The molecule has 0 bridgehead atoms. The maximum atomic E-state index is 13.4. The number of nitrogens with two attached hydrogens (primary N) is 1. The van der Waals surface area contributed by atoms with Crippen LogP contribution in [-0.4, -0.2) is 23.7 Å². The van der Waals surface area contributed by atoms with Gasteiger partial charge in [-0.3, -0.25) is 10.1 Å². The molecule has 0 saturated carbocycles. The van der Waals surface area contributed by atoms with Crippen LogP contribution in [0.4, 0.5) is 10.3 Å². The van der Waals surface area contributed by atoms with Crippen LogP contribution in [-0.2, 0) is 9.53 Å². The Kier molecular flexibility index (Phi) is 4.16. The molecule has 2 atom stereocenters. The Balaban J connectivity index is 2.77. The maximum Gasteiger partial charge on any atom is 0.433 e. The van der Waals surface area contributed by atoms with Crippen LogP contribution in [0, 0.1) is 10.1 Å². The number of alkyl halides is 1. The van der Waals surface area contributed by atoms with Gasteiger partial charge in [0.15, 0.2) is 0 Å². The minimum atomic E-state index is -2.12. The molecule has 17 heavy (non-hydrogen) atoms. The molecular weight excluding hydrogens is 235 g/mol. The topological polar surface area (TPSA) is 109 Å². The first kappa shape index (κ1) is 13.1. The number of hydrogen-bond acceptors (Lipinski definition) is 6. The van der Waals surface area contributed by atoms with E-state index in [1.807, 2.05) is 0 Å². The molecule has 0 fully saturated rings. The number of halogens is 1. The third-order valence-corrected chi connectivity index (χ3v) is 1.95. The van der Waals surface area contributed by atoms with Gasteiger partial charge in [-0.1, -0.05) is 0 Å². The number of hydrogen-bond donors (Lipinski definition) is 1. The molecule has 0 saturated heterocycles. The lowest BCUT2D eigenvalue weighted by Gasteiger charge is -2.12. The van der Waals surface area contributed by atoms with Gasteiger partial charge >= 0.3 is 11.9 Å². The van der Waals surface area contributed by atoms with Crippen molar-refractivity contribution < 1.29 is 23.3 Å². The molecule has 0 spiro atoms. The van der Waals surface area contributed by atoms with Gasteiger partial charge in [0.2, 0.25) is 6.17 Å². The Bertz CT molecular complexity index is 419. The van der Waals surface area contributed by atoms with E-state index in [9.17, 15) is 19.3 Å². The Morgan fingerprint density at radius 3 is 2.82 bits per heavy atom. The number of rotatable bonds is 5. The van der Waals surface area contributed by atoms with Gasteiger partial charge in [0, 0.05) is 0 Å². The number of esters is 1. The summed E-state index contributed by atoms with van der Waals surface area (Å²) in [5.41, 5.74) is 5.39. The van der Waals surface area contributed by atoms with Gasteiger partial charge in [-0.05, 0) is 13.0 Å². The van der Waals surface area contributed by atoms with Gasteiger partial charge < -0.3 is 14.9 Å². The van der Waals surface area contributed by atoms with Gasteiger partial charge in [0.1, 0.15) is 16.7 Å². The van der Waals surface area contributed by atoms with E-state index >= 15 is 0 Å². The number of ether oxygens (including phenoxy) is 1. The fourth-order valence-electron chi connectivity index (χ4n) is 1.13. The van der Waals surface area contributed by atoms with Gasteiger partial charge in [-0.2, -0.15) is 0 Å². The summed E-state index contributed by atoms with van der Waals surface area (Å²) < 4.78 is 22.6. The minimum absolute atomic E-state index is 0.0181. The Morgan fingerprint density at radius 2 is 2.35 bits per heavy atom. The zero-order chi connectivity index (χ0) is 13.0. The molecule has 0 amide bonds. The summed E-state index contributed by atoms with van der Waals surface area (Å²) in [6, 6.07) is 0.754. The van der Waals surface area contributed by atoms with E-state index < -0.39 is 29.0 Å². The van der Waals surface area contributed by atoms with Gasteiger partial charge in [0.25, 0.3) is 0 Å². The van der Waals surface area contributed by atoms with Crippen molar-refractivity contribution in [2.45, 2.75) is 19.1 Å². The summed E-state index contributed by atoms with van der Waals surface area (Å²) in [4.78, 5) is 20.6. The van der Waals surface area contributed by atoms with Crippen molar-refractivity contribution in [1.29, 1.82) is 0 Å². The highest BCUT2D eigenvalue weighted by atomic mass is 19.1. The molecule has 0 aliphatic carbocycles. The van der Waals surface area contributed by atoms with Crippen LogP contribution in [0.15, 0.2) is 16.5 Å². The van der Waals surface area contributed by atoms with Gasteiger partial charge in [-0.25, -0.2) is 9.18 Å². The summed E-state index contributed by atoms with van der Waals surface area (Å²) >= 11 is 0. The fourth-order valence-corrected chi connectivity index (χ4v) is 1.13. The molecule has 94 valence electrons. The number of furan rings is 1. The van der Waals surface area contributed by atoms with Crippen molar-refractivity contribution in [3.8, 4) is 0 Å². The van der Waals surface area contributed by atoms with Crippen molar-refractivity contribution in [2.24, 2.45) is 5.73 Å². The molecule has 1 aromatic rings. The largest absolute Gasteiger partial charge is 0.464 e. The molecule has 0 aliphatic heterocycles. The van der Waals surface area contributed by atoms with Crippen LogP contribution in [0.2, 0.25) is 0 Å². The average molecular weight is 246 g/mol. The quantitative estimate of drug-likeness (QED) is 0.473. The molecule has 0 radical (unpaired) electrons. The first-order chi connectivity index (χ1) is 7.97. The monoisotopic (exact) mass is 246 g/mol. The van der Waals surface area contributed by atoms with E-state index in [1.54, 1.807) is 0 Å². The maximum absolute atomic E-state index is 13.4. The molecule has 1 rings (SSSR count). The Labute approximate surface area is 95.5 Å². The predicted octanol–water partition coefficient (Wildman–Crippen LogP) is 1.09. The number of nitro groups is 1. The van der Waals surface area contributed by atoms with Crippen LogP contribution in [0.3, 0.4) is 0 Å². The van der Waals surface area contributed by atoms with Gasteiger partial charge in [0.05, 0.1) is 12.7 Å². The van der Waals surface area contributed by atoms with Crippen molar-refractivity contribution in [3.05, 3.63) is 28.0 Å². The lowest BCUT2D eigenvalue weighted by atomic mass is 10.1. The third-order valence-electron chi connectivity index (χ3n) is 1.95. The van der Waals surface area contributed by atoms with Crippen LogP contribution >= 0.6 is 0 Å². The van der Waals surface area contributed by atoms with E-state index in [1.165, 1.54) is 6.92 Å². The van der Waals surface area contributed by atoms with Crippen LogP contribution in [0.5, 0.6) is 0 Å². The molecule has 1 unspecified atom stereocenters. The van der Waals surface area contributed by atoms with Crippen LogP contribution in [0.25, 0.3) is 0 Å². The SMILES string of the molecule is CCOC(=O)C(F)[C@H](N)c1ccc([N+](=O)[O-])o1. The second-order valence-corrected chi connectivity index (χ2v) is 3.11. The van der Waals surface area contributed by atoms with E-state index in [-0.39, 0.29) is 12.4 Å². The summed E-state index contributed by atoms with van der Waals surface area (Å²) in [7, 11) is 0. The summed E-state index contributed by atoms with van der Waals surface area (Å²) in [5, 5.41) is 10.3. The van der Waals surface area contributed by atoms with E-state index in [2.05, 4.69) is 9.15 Å². The van der Waals surface area contributed by atoms with Crippen molar-refractivity contribution >= 4 is 11.9 Å². The summed E-state index contributed by atoms with van der Waals surface area (Å²) in [6.07, 6.45) is -2.12. The highest BCUT2D eigenvalue weighted by Gasteiger charge is 2.31. The Morgan fingerprint density at radius 1 is 1.71 bits per heavy atom. The highest BCUT2D eigenvalue weighted by molar-refractivity contribution is 5.75. The number of carbonyl (C=O) groups is 1. The first-order valence-corrected chi connectivity index (χ1v) is 4.77. The summed E-state index contributed by atoms with van der Waals surface area (Å²) in [6.45, 7) is 1.54. The second kappa shape index (κ2) is 5.39. The zero-order valence-electron chi connectivity index (χ0n) is 8.96. The second-order valence-electron chi connectivity index (χ2n) is 3.11. The molecule has 1 aromatic heterocycles. The Hall–Kier alpha value is -1.96.